The number of aromatic nitrogens is 1. The fraction of sp³-hybridized carbons (Fsp3) is 0.0769. The number of benzene rings is 1. The van der Waals surface area contributed by atoms with Crippen molar-refractivity contribution < 1.29 is 9.18 Å². The van der Waals surface area contributed by atoms with Crippen molar-refractivity contribution in [1.82, 2.24) is 4.98 Å². The highest BCUT2D eigenvalue weighted by Gasteiger charge is 2.10. The van der Waals surface area contributed by atoms with Crippen LogP contribution in [0.3, 0.4) is 0 Å². The number of rotatable bonds is 2. The predicted molar refractivity (Wildman–Crippen MR) is 67.7 cm³/mol. The van der Waals surface area contributed by atoms with Crippen LogP contribution in [-0.4, -0.2) is 10.9 Å². The topological polar surface area (TPSA) is 68.0 Å². The summed E-state index contributed by atoms with van der Waals surface area (Å²) < 4.78 is 13.5. The van der Waals surface area contributed by atoms with Gasteiger partial charge in [0, 0.05) is 0 Å². The van der Waals surface area contributed by atoms with Gasteiger partial charge in [0.25, 0.3) is 5.91 Å². The fourth-order valence-electron chi connectivity index (χ4n) is 1.49. The number of hydrogen-bond donors (Lipinski definition) is 2. The average molecular weight is 245 g/mol. The Morgan fingerprint density at radius 2 is 2.11 bits per heavy atom. The van der Waals surface area contributed by atoms with Gasteiger partial charge in [0.2, 0.25) is 0 Å². The van der Waals surface area contributed by atoms with Gasteiger partial charge in [-0.1, -0.05) is 12.1 Å². The zero-order valence-electron chi connectivity index (χ0n) is 9.77. The normalized spacial score (nSPS) is 10.1. The molecule has 92 valence electrons. The maximum absolute atomic E-state index is 13.5. The highest BCUT2D eigenvalue weighted by atomic mass is 19.1. The van der Waals surface area contributed by atoms with Crippen LogP contribution in [0.5, 0.6) is 0 Å². The van der Waals surface area contributed by atoms with Crippen LogP contribution in [0.4, 0.5) is 15.9 Å². The molecule has 0 unspecified atom stereocenters. The van der Waals surface area contributed by atoms with Crippen LogP contribution in [-0.2, 0) is 0 Å². The zero-order chi connectivity index (χ0) is 13.1. The zero-order valence-corrected chi connectivity index (χ0v) is 9.77. The Kier molecular flexibility index (Phi) is 3.23. The summed E-state index contributed by atoms with van der Waals surface area (Å²) in [6.45, 7) is 1.77. The van der Waals surface area contributed by atoms with Crippen LogP contribution in [0.25, 0.3) is 0 Å². The minimum absolute atomic E-state index is 0.120. The molecule has 2 aromatic rings. The van der Waals surface area contributed by atoms with Gasteiger partial charge >= 0.3 is 0 Å². The molecule has 0 bridgehead atoms. The third-order valence-electron chi connectivity index (χ3n) is 2.38. The summed E-state index contributed by atoms with van der Waals surface area (Å²) in [5, 5.41) is 2.45. The molecular weight excluding hydrogens is 233 g/mol. The number of halogens is 1. The van der Waals surface area contributed by atoms with E-state index in [1.807, 2.05) is 0 Å². The summed E-state index contributed by atoms with van der Waals surface area (Å²) in [6, 6.07) is 9.27. The molecule has 4 nitrogen and oxygen atoms in total. The monoisotopic (exact) mass is 245 g/mol. The van der Waals surface area contributed by atoms with E-state index in [0.29, 0.717) is 0 Å². The van der Waals surface area contributed by atoms with E-state index in [4.69, 9.17) is 5.73 Å². The van der Waals surface area contributed by atoms with E-state index >= 15 is 0 Å². The molecule has 0 saturated carbocycles. The summed E-state index contributed by atoms with van der Waals surface area (Å²) in [5.41, 5.74) is 6.53. The third-order valence-corrected chi connectivity index (χ3v) is 2.38. The van der Waals surface area contributed by atoms with Gasteiger partial charge < -0.3 is 11.1 Å². The Balaban J connectivity index is 2.21. The smallest absolute Gasteiger partial charge is 0.274 e. The second-order valence-electron chi connectivity index (χ2n) is 3.89. The minimum Gasteiger partial charge on any atom is -0.384 e. The van der Waals surface area contributed by atoms with E-state index < -0.39 is 11.7 Å². The van der Waals surface area contributed by atoms with E-state index in [0.717, 1.165) is 5.56 Å². The lowest BCUT2D eigenvalue weighted by molar-refractivity contribution is 0.102. The summed E-state index contributed by atoms with van der Waals surface area (Å²) in [5.74, 6) is -0.732. The second kappa shape index (κ2) is 4.83. The summed E-state index contributed by atoms with van der Waals surface area (Å²) in [4.78, 5) is 15.7. The molecule has 0 aliphatic rings. The lowest BCUT2D eigenvalue weighted by Crippen LogP contribution is -2.15. The molecule has 5 heteroatoms. The third kappa shape index (κ3) is 2.63. The van der Waals surface area contributed by atoms with Gasteiger partial charge in [-0.3, -0.25) is 4.79 Å². The van der Waals surface area contributed by atoms with Crippen LogP contribution in [0.1, 0.15) is 16.1 Å². The Bertz CT molecular complexity index is 599. The molecule has 1 aromatic carbocycles. The predicted octanol–water partition coefficient (Wildman–Crippen LogP) is 2.36. The molecule has 0 saturated heterocycles. The van der Waals surface area contributed by atoms with Crippen molar-refractivity contribution in [2.24, 2.45) is 0 Å². The number of aryl methyl sites for hydroxylation is 1. The molecule has 0 radical (unpaired) electrons. The first-order valence-electron chi connectivity index (χ1n) is 5.36. The second-order valence-corrected chi connectivity index (χ2v) is 3.89. The summed E-state index contributed by atoms with van der Waals surface area (Å²) in [6.07, 6.45) is 0. The molecular formula is C13H12FN3O. The van der Waals surface area contributed by atoms with Crippen LogP contribution < -0.4 is 11.1 Å². The number of carbonyl (C=O) groups excluding carboxylic acids is 1. The maximum Gasteiger partial charge on any atom is 0.274 e. The maximum atomic E-state index is 13.5. The average Bonchev–Trinajstić information content (AvgIpc) is 2.32. The van der Waals surface area contributed by atoms with Crippen LogP contribution in [0, 0.1) is 12.7 Å². The quantitative estimate of drug-likeness (QED) is 0.853. The minimum atomic E-state index is -0.495. The van der Waals surface area contributed by atoms with Crippen molar-refractivity contribution in [1.29, 1.82) is 0 Å². The van der Waals surface area contributed by atoms with Crippen LogP contribution in [0.15, 0.2) is 36.4 Å². The number of nitrogen functional groups attached to an aromatic ring is 1. The SMILES string of the molecule is Cc1ccc(NC(=O)c2cccc(N)n2)c(F)c1. The number of carbonyl (C=O) groups is 1. The van der Waals surface area contributed by atoms with Crippen molar-refractivity contribution in [3.63, 3.8) is 0 Å². The van der Waals surface area contributed by atoms with Gasteiger partial charge in [-0.2, -0.15) is 0 Å². The van der Waals surface area contributed by atoms with Crippen LogP contribution >= 0.6 is 0 Å². The van der Waals surface area contributed by atoms with Crippen molar-refractivity contribution in [3.8, 4) is 0 Å². The van der Waals surface area contributed by atoms with Crippen LogP contribution in [0.2, 0.25) is 0 Å². The highest BCUT2D eigenvalue weighted by Crippen LogP contribution is 2.16. The summed E-state index contributed by atoms with van der Waals surface area (Å²) in [7, 11) is 0. The van der Waals surface area contributed by atoms with Gasteiger partial charge in [0.15, 0.2) is 0 Å². The molecule has 0 fully saturated rings. The van der Waals surface area contributed by atoms with Crippen molar-refractivity contribution >= 4 is 17.4 Å². The van der Waals surface area contributed by atoms with Gasteiger partial charge in [-0.15, -0.1) is 0 Å². The largest absolute Gasteiger partial charge is 0.384 e. The van der Waals surface area contributed by atoms with Gasteiger partial charge in [-0.25, -0.2) is 9.37 Å². The van der Waals surface area contributed by atoms with E-state index in [2.05, 4.69) is 10.3 Å². The summed E-state index contributed by atoms with van der Waals surface area (Å²) >= 11 is 0. The number of amides is 1. The molecule has 0 aliphatic carbocycles. The molecule has 1 aromatic heterocycles. The molecule has 0 atom stereocenters. The first-order valence-corrected chi connectivity index (χ1v) is 5.36. The molecule has 0 aliphatic heterocycles. The van der Waals surface area contributed by atoms with Gasteiger partial charge in [-0.05, 0) is 36.8 Å². The molecule has 18 heavy (non-hydrogen) atoms. The lowest BCUT2D eigenvalue weighted by atomic mass is 10.2. The number of pyridine rings is 1. The lowest BCUT2D eigenvalue weighted by Gasteiger charge is -2.06. The Morgan fingerprint density at radius 1 is 1.33 bits per heavy atom. The van der Waals surface area contributed by atoms with Crippen molar-refractivity contribution in [3.05, 3.63) is 53.5 Å². The highest BCUT2D eigenvalue weighted by molar-refractivity contribution is 6.03. The first kappa shape index (κ1) is 12.0. The molecule has 1 amide bonds. The van der Waals surface area contributed by atoms with Gasteiger partial charge in [0.05, 0.1) is 5.69 Å². The van der Waals surface area contributed by atoms with Crippen molar-refractivity contribution in [2.75, 3.05) is 11.1 Å². The number of nitrogens with two attached hydrogens (primary N) is 1. The van der Waals surface area contributed by atoms with E-state index in [1.165, 1.54) is 18.2 Å². The number of nitrogens with one attached hydrogen (secondary N) is 1. The number of nitrogens with zero attached hydrogens (tertiary/aromatic N) is 1. The standard InChI is InChI=1S/C13H12FN3O/c1-8-5-6-10(9(14)7-8)17-13(18)11-3-2-4-12(15)16-11/h2-7H,1H3,(H2,15,16)(H,17,18). The molecule has 1 heterocycles. The first-order chi connectivity index (χ1) is 8.56. The fourth-order valence-corrected chi connectivity index (χ4v) is 1.49. The number of anilines is 2. The van der Waals surface area contributed by atoms with E-state index in [-0.39, 0.29) is 17.2 Å². The number of hydrogen-bond acceptors (Lipinski definition) is 3. The van der Waals surface area contributed by atoms with E-state index in [9.17, 15) is 9.18 Å². The Hall–Kier alpha value is -2.43. The van der Waals surface area contributed by atoms with E-state index in [1.54, 1.807) is 25.1 Å². The Morgan fingerprint density at radius 3 is 2.78 bits per heavy atom. The van der Waals surface area contributed by atoms with Gasteiger partial charge in [0.1, 0.15) is 17.3 Å². The molecule has 3 N–H and O–H groups in total. The molecule has 2 rings (SSSR count). The Labute approximate surface area is 104 Å². The van der Waals surface area contributed by atoms with Crippen molar-refractivity contribution in [2.45, 2.75) is 6.92 Å². The molecule has 0 spiro atoms.